The molecule has 21 heavy (non-hydrogen) atoms. The first-order valence-electron chi connectivity index (χ1n) is 7.78. The van der Waals surface area contributed by atoms with Crippen molar-refractivity contribution >= 4 is 21.6 Å². The molecule has 0 saturated heterocycles. The molecule has 1 unspecified atom stereocenters. The molecule has 0 saturated carbocycles. The number of hydrogen-bond acceptors (Lipinski definition) is 1. The van der Waals surface area contributed by atoms with Crippen molar-refractivity contribution in [1.82, 2.24) is 0 Å². The van der Waals surface area contributed by atoms with E-state index in [2.05, 4.69) is 83.6 Å². The molecular formula is C19H24BrN. The fraction of sp³-hybridized carbons (Fsp3) is 0.368. The lowest BCUT2D eigenvalue weighted by molar-refractivity contribution is 0.606. The summed E-state index contributed by atoms with van der Waals surface area (Å²) in [6, 6.07) is 17.6. The fourth-order valence-electron chi connectivity index (χ4n) is 2.54. The highest BCUT2D eigenvalue weighted by atomic mass is 79.9. The largest absolute Gasteiger partial charge is 0.377 e. The number of benzene rings is 2. The molecule has 1 atom stereocenters. The summed E-state index contributed by atoms with van der Waals surface area (Å²) < 4.78 is 1.13. The van der Waals surface area contributed by atoms with E-state index < -0.39 is 0 Å². The molecule has 1 nitrogen and oxygen atoms in total. The van der Waals surface area contributed by atoms with Crippen LogP contribution in [0.25, 0.3) is 0 Å². The average Bonchev–Trinajstić information content (AvgIpc) is 2.51. The van der Waals surface area contributed by atoms with Crippen molar-refractivity contribution in [3.63, 3.8) is 0 Å². The molecule has 112 valence electrons. The predicted octanol–water partition coefficient (Wildman–Crippen LogP) is 6.49. The van der Waals surface area contributed by atoms with Crippen LogP contribution in [-0.4, -0.2) is 0 Å². The first-order valence-corrected chi connectivity index (χ1v) is 8.57. The van der Waals surface area contributed by atoms with Crippen LogP contribution in [0.4, 0.5) is 5.69 Å². The summed E-state index contributed by atoms with van der Waals surface area (Å²) in [5.41, 5.74) is 3.82. The van der Waals surface area contributed by atoms with Gasteiger partial charge in [-0.1, -0.05) is 62.6 Å². The van der Waals surface area contributed by atoms with E-state index in [-0.39, 0.29) is 0 Å². The Morgan fingerprint density at radius 2 is 1.81 bits per heavy atom. The van der Waals surface area contributed by atoms with Gasteiger partial charge in [0.1, 0.15) is 0 Å². The lowest BCUT2D eigenvalue weighted by atomic mass is 10.00. The maximum atomic E-state index is 3.72. The van der Waals surface area contributed by atoms with E-state index in [1.54, 1.807) is 0 Å². The molecule has 0 amide bonds. The number of halogens is 1. The standard InChI is InChI=1S/C19H24BrN/c1-3-4-6-11-18(16-9-7-5-8-10-16)21-19-14-15(2)12-13-17(19)20/h5,7-10,12-14,18,21H,3-4,6,11H2,1-2H3. The highest BCUT2D eigenvalue weighted by Gasteiger charge is 2.12. The fourth-order valence-corrected chi connectivity index (χ4v) is 2.90. The van der Waals surface area contributed by atoms with Crippen molar-refractivity contribution in [1.29, 1.82) is 0 Å². The van der Waals surface area contributed by atoms with Crippen LogP contribution in [0.15, 0.2) is 53.0 Å². The van der Waals surface area contributed by atoms with E-state index in [4.69, 9.17) is 0 Å². The minimum atomic E-state index is 0.371. The summed E-state index contributed by atoms with van der Waals surface area (Å²) in [6.07, 6.45) is 4.97. The molecule has 0 aliphatic rings. The van der Waals surface area contributed by atoms with Crippen molar-refractivity contribution in [2.75, 3.05) is 5.32 Å². The minimum absolute atomic E-state index is 0.371. The second-order valence-corrected chi connectivity index (χ2v) is 6.44. The number of anilines is 1. The second-order valence-electron chi connectivity index (χ2n) is 5.59. The molecule has 2 heteroatoms. The molecule has 1 N–H and O–H groups in total. The summed E-state index contributed by atoms with van der Waals surface area (Å²) in [7, 11) is 0. The molecule has 0 heterocycles. The maximum absolute atomic E-state index is 3.72. The third kappa shape index (κ3) is 4.89. The predicted molar refractivity (Wildman–Crippen MR) is 95.8 cm³/mol. The summed E-state index contributed by atoms with van der Waals surface area (Å²) >= 11 is 3.65. The highest BCUT2D eigenvalue weighted by molar-refractivity contribution is 9.10. The maximum Gasteiger partial charge on any atom is 0.0514 e. The Morgan fingerprint density at radius 1 is 1.05 bits per heavy atom. The summed E-state index contributed by atoms with van der Waals surface area (Å²) in [6.45, 7) is 4.38. The molecule has 2 rings (SSSR count). The van der Waals surface area contributed by atoms with E-state index >= 15 is 0 Å². The van der Waals surface area contributed by atoms with Crippen LogP contribution in [0.2, 0.25) is 0 Å². The Balaban J connectivity index is 2.17. The van der Waals surface area contributed by atoms with Gasteiger partial charge in [0.2, 0.25) is 0 Å². The molecular weight excluding hydrogens is 322 g/mol. The smallest absolute Gasteiger partial charge is 0.0514 e. The van der Waals surface area contributed by atoms with Gasteiger partial charge in [-0.05, 0) is 52.5 Å². The number of rotatable bonds is 7. The molecule has 2 aromatic carbocycles. The van der Waals surface area contributed by atoms with Crippen LogP contribution >= 0.6 is 15.9 Å². The van der Waals surface area contributed by atoms with E-state index in [0.29, 0.717) is 6.04 Å². The van der Waals surface area contributed by atoms with Gasteiger partial charge < -0.3 is 5.32 Å². The third-order valence-corrected chi connectivity index (χ3v) is 4.44. The highest BCUT2D eigenvalue weighted by Crippen LogP contribution is 2.30. The van der Waals surface area contributed by atoms with Crippen LogP contribution in [-0.2, 0) is 0 Å². The van der Waals surface area contributed by atoms with Gasteiger partial charge in [0, 0.05) is 10.2 Å². The molecule has 0 bridgehead atoms. The number of aryl methyl sites for hydroxylation is 1. The van der Waals surface area contributed by atoms with Gasteiger partial charge in [0.05, 0.1) is 6.04 Å². The Labute approximate surface area is 136 Å². The van der Waals surface area contributed by atoms with Gasteiger partial charge in [0.15, 0.2) is 0 Å². The van der Waals surface area contributed by atoms with E-state index in [0.717, 1.165) is 10.9 Å². The van der Waals surface area contributed by atoms with Crippen LogP contribution in [0.5, 0.6) is 0 Å². The van der Waals surface area contributed by atoms with E-state index in [1.807, 2.05) is 0 Å². The zero-order valence-electron chi connectivity index (χ0n) is 12.9. The minimum Gasteiger partial charge on any atom is -0.377 e. The Bertz CT molecular complexity index is 551. The topological polar surface area (TPSA) is 12.0 Å². The van der Waals surface area contributed by atoms with Crippen LogP contribution in [0.1, 0.15) is 49.8 Å². The first-order chi connectivity index (χ1) is 10.2. The van der Waals surface area contributed by atoms with Gasteiger partial charge in [-0.25, -0.2) is 0 Å². The van der Waals surface area contributed by atoms with Crippen molar-refractivity contribution in [3.8, 4) is 0 Å². The monoisotopic (exact) mass is 345 g/mol. The quantitative estimate of drug-likeness (QED) is 0.565. The normalized spacial score (nSPS) is 12.1. The van der Waals surface area contributed by atoms with Gasteiger partial charge >= 0.3 is 0 Å². The average molecular weight is 346 g/mol. The third-order valence-electron chi connectivity index (χ3n) is 3.75. The van der Waals surface area contributed by atoms with Crippen molar-refractivity contribution in [3.05, 3.63) is 64.1 Å². The number of nitrogens with one attached hydrogen (secondary N) is 1. The van der Waals surface area contributed by atoms with Crippen LogP contribution in [0, 0.1) is 6.92 Å². The second kappa shape index (κ2) is 8.23. The zero-order chi connectivity index (χ0) is 15.1. The lowest BCUT2D eigenvalue weighted by Gasteiger charge is -2.21. The zero-order valence-corrected chi connectivity index (χ0v) is 14.5. The lowest BCUT2D eigenvalue weighted by Crippen LogP contribution is -2.11. The van der Waals surface area contributed by atoms with E-state index in [9.17, 15) is 0 Å². The van der Waals surface area contributed by atoms with Crippen LogP contribution in [0.3, 0.4) is 0 Å². The molecule has 0 radical (unpaired) electrons. The first kappa shape index (κ1) is 16.1. The summed E-state index contributed by atoms with van der Waals surface area (Å²) in [5, 5.41) is 3.72. The van der Waals surface area contributed by atoms with Gasteiger partial charge in [-0.15, -0.1) is 0 Å². The van der Waals surface area contributed by atoms with Crippen molar-refractivity contribution in [2.45, 2.75) is 45.6 Å². The summed E-state index contributed by atoms with van der Waals surface area (Å²) in [4.78, 5) is 0. The molecule has 0 aliphatic carbocycles. The molecule has 0 spiro atoms. The number of hydrogen-bond donors (Lipinski definition) is 1. The molecule has 0 aromatic heterocycles. The molecule has 0 aliphatic heterocycles. The molecule has 2 aromatic rings. The summed E-state index contributed by atoms with van der Waals surface area (Å²) in [5.74, 6) is 0. The van der Waals surface area contributed by atoms with Gasteiger partial charge in [-0.3, -0.25) is 0 Å². The Kier molecular flexibility index (Phi) is 6.31. The van der Waals surface area contributed by atoms with Gasteiger partial charge in [0.25, 0.3) is 0 Å². The number of unbranched alkanes of at least 4 members (excludes halogenated alkanes) is 2. The van der Waals surface area contributed by atoms with E-state index in [1.165, 1.54) is 36.1 Å². The SMILES string of the molecule is CCCCCC(Nc1cc(C)ccc1Br)c1ccccc1. The Morgan fingerprint density at radius 3 is 2.52 bits per heavy atom. The van der Waals surface area contributed by atoms with Crippen molar-refractivity contribution < 1.29 is 0 Å². The van der Waals surface area contributed by atoms with Crippen LogP contribution < -0.4 is 5.32 Å². The van der Waals surface area contributed by atoms with Gasteiger partial charge in [-0.2, -0.15) is 0 Å². The Hall–Kier alpha value is -1.28. The molecule has 0 fully saturated rings. The van der Waals surface area contributed by atoms with Crippen molar-refractivity contribution in [2.24, 2.45) is 0 Å².